The summed E-state index contributed by atoms with van der Waals surface area (Å²) in [5.41, 5.74) is 0.912. The van der Waals surface area contributed by atoms with Crippen LogP contribution in [0, 0.1) is 17.2 Å². The van der Waals surface area contributed by atoms with E-state index in [1.54, 1.807) is 13.0 Å². The Hall–Kier alpha value is -1.13. The maximum absolute atomic E-state index is 12.8. The summed E-state index contributed by atoms with van der Waals surface area (Å²) in [6.07, 6.45) is 1.60. The second-order valence-electron chi connectivity index (χ2n) is 5.64. The zero-order chi connectivity index (χ0) is 16.3. The van der Waals surface area contributed by atoms with Crippen molar-refractivity contribution >= 4 is 21.8 Å². The lowest BCUT2D eigenvalue weighted by molar-refractivity contribution is 0.339. The number of hydrogen-bond donors (Lipinski definition) is 0. The summed E-state index contributed by atoms with van der Waals surface area (Å²) in [5.74, 6) is -0.341. The molecule has 0 aromatic heterocycles. The van der Waals surface area contributed by atoms with Crippen molar-refractivity contribution in [2.45, 2.75) is 25.8 Å². The van der Waals surface area contributed by atoms with Crippen LogP contribution in [0.25, 0.3) is 0 Å². The smallest absolute Gasteiger partial charge is 0.198 e. The van der Waals surface area contributed by atoms with Gasteiger partial charge in [0.05, 0.1) is 18.0 Å². The molecule has 120 valence electrons. The van der Waals surface area contributed by atoms with E-state index in [9.17, 15) is 8.42 Å². The van der Waals surface area contributed by atoms with E-state index in [0.717, 1.165) is 18.4 Å². The predicted molar refractivity (Wildman–Crippen MR) is 86.5 cm³/mol. The van der Waals surface area contributed by atoms with Gasteiger partial charge in [0.2, 0.25) is 0 Å². The lowest BCUT2D eigenvalue weighted by Crippen LogP contribution is -2.43. The summed E-state index contributed by atoms with van der Waals surface area (Å²) < 4.78 is 28.3. The van der Waals surface area contributed by atoms with Crippen molar-refractivity contribution in [3.63, 3.8) is 0 Å². The monoisotopic (exact) mass is 341 g/mol. The molecular weight excluding hydrogens is 322 g/mol. The van der Waals surface area contributed by atoms with Gasteiger partial charge in [-0.3, -0.25) is 0 Å². The Labute approximate surface area is 137 Å². The molecule has 0 amide bonds. The van der Waals surface area contributed by atoms with Crippen LogP contribution in [-0.2, 0) is 10.2 Å². The van der Waals surface area contributed by atoms with E-state index in [-0.39, 0.29) is 18.5 Å². The van der Waals surface area contributed by atoms with Crippen LogP contribution in [0.2, 0.25) is 5.02 Å². The van der Waals surface area contributed by atoms with Gasteiger partial charge in [0, 0.05) is 25.2 Å². The van der Waals surface area contributed by atoms with Crippen LogP contribution in [0.5, 0.6) is 0 Å². The fourth-order valence-corrected chi connectivity index (χ4v) is 4.64. The molecule has 1 fully saturated rings. The van der Waals surface area contributed by atoms with Crippen molar-refractivity contribution in [2.24, 2.45) is 5.92 Å². The molecule has 2 atom stereocenters. The molecule has 0 saturated carbocycles. The Morgan fingerprint density at radius 2 is 2.27 bits per heavy atom. The van der Waals surface area contributed by atoms with E-state index in [1.165, 1.54) is 15.7 Å². The number of halogens is 1. The molecule has 0 bridgehead atoms. The van der Waals surface area contributed by atoms with Crippen molar-refractivity contribution < 1.29 is 8.42 Å². The average Bonchev–Trinajstić information content (AvgIpc) is 2.97. The molecule has 22 heavy (non-hydrogen) atoms. The first-order valence-electron chi connectivity index (χ1n) is 7.24. The lowest BCUT2D eigenvalue weighted by atomic mass is 10.1. The number of rotatable bonds is 5. The third-order valence-electron chi connectivity index (χ3n) is 3.88. The predicted octanol–water partition coefficient (Wildman–Crippen LogP) is 2.81. The minimum atomic E-state index is -3.58. The van der Waals surface area contributed by atoms with E-state index in [2.05, 4.69) is 6.07 Å². The molecule has 0 radical (unpaired) electrons. The Balaban J connectivity index is 2.24. The Morgan fingerprint density at radius 3 is 2.91 bits per heavy atom. The third kappa shape index (κ3) is 3.61. The van der Waals surface area contributed by atoms with Crippen molar-refractivity contribution in [1.29, 1.82) is 5.26 Å². The Kier molecular flexibility index (Phi) is 5.45. The Morgan fingerprint density at radius 1 is 1.55 bits per heavy atom. The molecule has 1 aromatic rings. The lowest BCUT2D eigenvalue weighted by Gasteiger charge is -2.29. The van der Waals surface area contributed by atoms with E-state index in [4.69, 9.17) is 16.9 Å². The van der Waals surface area contributed by atoms with Crippen LogP contribution >= 0.6 is 11.6 Å². The third-order valence-corrected chi connectivity index (χ3v) is 6.08. The van der Waals surface area contributed by atoms with Crippen molar-refractivity contribution in [2.75, 3.05) is 20.1 Å². The normalized spacial score (nSPS) is 21.0. The highest BCUT2D eigenvalue weighted by Crippen LogP contribution is 2.35. The molecular formula is C15H20ClN3O2S. The van der Waals surface area contributed by atoms with Gasteiger partial charge >= 0.3 is 0 Å². The van der Waals surface area contributed by atoms with Gasteiger partial charge in [-0.2, -0.15) is 22.3 Å². The molecule has 0 unspecified atom stereocenters. The molecule has 7 heteroatoms. The summed E-state index contributed by atoms with van der Waals surface area (Å²) >= 11 is 6.02. The average molecular weight is 342 g/mol. The zero-order valence-electron chi connectivity index (χ0n) is 12.7. The van der Waals surface area contributed by atoms with Crippen molar-refractivity contribution in [3.05, 3.63) is 34.9 Å². The first-order chi connectivity index (χ1) is 10.4. The van der Waals surface area contributed by atoms with Crippen LogP contribution < -0.4 is 0 Å². The standard InChI is InChI=1S/C15H20ClN3O2S/c1-12(10-17)11-18(2)22(20,21)19-8-4-7-15(19)13-5-3-6-14(16)9-13/h3,5-6,9,12,15H,4,7-8,11H2,1-2H3/t12-,15+/m0/s1. The minimum Gasteiger partial charge on any atom is -0.198 e. The molecule has 1 heterocycles. The summed E-state index contributed by atoms with van der Waals surface area (Å²) in [6.45, 7) is 2.40. The molecule has 2 rings (SSSR count). The van der Waals surface area contributed by atoms with Crippen LogP contribution in [-0.4, -0.2) is 37.2 Å². The highest BCUT2D eigenvalue weighted by Gasteiger charge is 2.37. The number of benzene rings is 1. The van der Waals surface area contributed by atoms with Crippen molar-refractivity contribution in [3.8, 4) is 6.07 Å². The topological polar surface area (TPSA) is 64.4 Å². The molecule has 1 saturated heterocycles. The van der Waals surface area contributed by atoms with Gasteiger partial charge in [-0.25, -0.2) is 0 Å². The molecule has 5 nitrogen and oxygen atoms in total. The second-order valence-corrected chi connectivity index (χ2v) is 8.07. The summed E-state index contributed by atoms with van der Waals surface area (Å²) in [7, 11) is -2.06. The molecule has 0 N–H and O–H groups in total. The maximum Gasteiger partial charge on any atom is 0.282 e. The van der Waals surface area contributed by atoms with Gasteiger partial charge in [-0.15, -0.1) is 0 Å². The van der Waals surface area contributed by atoms with Crippen molar-refractivity contribution in [1.82, 2.24) is 8.61 Å². The van der Waals surface area contributed by atoms with Crippen LogP contribution in [0.15, 0.2) is 24.3 Å². The molecule has 0 aliphatic carbocycles. The highest BCUT2D eigenvalue weighted by atomic mass is 35.5. The summed E-state index contributed by atoms with van der Waals surface area (Å²) in [5, 5.41) is 9.48. The SMILES string of the molecule is C[C@@H](C#N)CN(C)S(=O)(=O)N1CCC[C@@H]1c1cccc(Cl)c1. The summed E-state index contributed by atoms with van der Waals surface area (Å²) in [4.78, 5) is 0. The quantitative estimate of drug-likeness (QED) is 0.827. The van der Waals surface area contributed by atoms with E-state index >= 15 is 0 Å². The highest BCUT2D eigenvalue weighted by molar-refractivity contribution is 7.86. The van der Waals surface area contributed by atoms with Gasteiger partial charge in [0.15, 0.2) is 0 Å². The van der Waals surface area contributed by atoms with Gasteiger partial charge in [-0.05, 0) is 37.5 Å². The fourth-order valence-electron chi connectivity index (χ4n) is 2.76. The maximum atomic E-state index is 12.8. The zero-order valence-corrected chi connectivity index (χ0v) is 14.3. The molecule has 1 aliphatic rings. The first kappa shape index (κ1) is 17.2. The number of hydrogen-bond acceptors (Lipinski definition) is 3. The molecule has 1 aliphatic heterocycles. The van der Waals surface area contributed by atoms with Crippen LogP contribution in [0.3, 0.4) is 0 Å². The second kappa shape index (κ2) is 6.97. The van der Waals surface area contributed by atoms with E-state index in [1.807, 2.05) is 18.2 Å². The van der Waals surface area contributed by atoms with E-state index in [0.29, 0.717) is 11.6 Å². The molecule has 1 aromatic carbocycles. The number of nitriles is 1. The van der Waals surface area contributed by atoms with Gasteiger partial charge in [0.25, 0.3) is 10.2 Å². The van der Waals surface area contributed by atoms with Crippen LogP contribution in [0.1, 0.15) is 31.4 Å². The van der Waals surface area contributed by atoms with Gasteiger partial charge < -0.3 is 0 Å². The first-order valence-corrected chi connectivity index (χ1v) is 9.02. The van der Waals surface area contributed by atoms with Gasteiger partial charge in [-0.1, -0.05) is 23.7 Å². The number of nitrogens with zero attached hydrogens (tertiary/aromatic N) is 3. The molecule has 0 spiro atoms. The summed E-state index contributed by atoms with van der Waals surface area (Å²) in [6, 6.07) is 9.21. The Bertz CT molecular complexity index is 672. The van der Waals surface area contributed by atoms with E-state index < -0.39 is 10.2 Å². The van der Waals surface area contributed by atoms with Gasteiger partial charge in [0.1, 0.15) is 0 Å². The minimum absolute atomic E-state index is 0.191. The van der Waals surface area contributed by atoms with Crippen LogP contribution in [0.4, 0.5) is 0 Å². The fraction of sp³-hybridized carbons (Fsp3) is 0.533. The largest absolute Gasteiger partial charge is 0.282 e.